The Morgan fingerprint density at radius 1 is 0.608 bits per heavy atom. The second kappa shape index (κ2) is 38.0. The van der Waals surface area contributed by atoms with Crippen molar-refractivity contribution < 1.29 is 32.8 Å². The van der Waals surface area contributed by atoms with E-state index in [1.165, 1.54) is 103 Å². The quantitative estimate of drug-likeness (QED) is 0.0210. The van der Waals surface area contributed by atoms with Crippen molar-refractivity contribution in [3.05, 3.63) is 36.1 Å². The number of allylic oxidation sites excluding steroid dienone is 4. The highest BCUT2D eigenvalue weighted by Gasteiger charge is 2.21. The zero-order chi connectivity index (χ0) is 37.5. The van der Waals surface area contributed by atoms with E-state index in [-0.39, 0.29) is 37.9 Å². The van der Waals surface area contributed by atoms with Crippen molar-refractivity contribution >= 4 is 19.6 Å². The predicted octanol–water partition coefficient (Wildman–Crippen LogP) is 12.5. The van der Waals surface area contributed by atoms with Gasteiger partial charge in [0.1, 0.15) is 12.4 Å². The Morgan fingerprint density at radius 3 is 1.47 bits per heavy atom. The van der Waals surface area contributed by atoms with Crippen LogP contribution in [0.2, 0.25) is 0 Å². The molecular formula is C42H78NO7P. The smallest absolute Gasteiger partial charge is 0.461 e. The van der Waals surface area contributed by atoms with Gasteiger partial charge < -0.3 is 15.0 Å². The van der Waals surface area contributed by atoms with Crippen molar-refractivity contribution in [2.24, 2.45) is 5.73 Å². The maximum absolute atomic E-state index is 12.7. The van der Waals surface area contributed by atoms with Crippen LogP contribution in [0.1, 0.15) is 200 Å². The van der Waals surface area contributed by atoms with Gasteiger partial charge in [0.2, 0.25) is 0 Å². The number of esters is 1. The summed E-state index contributed by atoms with van der Waals surface area (Å²) in [4.78, 5) is 35.0. The molecule has 0 aliphatic rings. The number of unbranched alkanes of at least 4 members (excludes halogenated alkanes) is 22. The molecule has 0 aliphatic carbocycles. The summed E-state index contributed by atoms with van der Waals surface area (Å²) in [6, 6.07) is 0. The Balaban J connectivity index is 4.25. The van der Waals surface area contributed by atoms with E-state index >= 15 is 0 Å². The topological polar surface area (TPSA) is 125 Å². The van der Waals surface area contributed by atoms with Gasteiger partial charge in [-0.25, -0.2) is 4.57 Å². The van der Waals surface area contributed by atoms with Gasteiger partial charge in [0, 0.05) is 31.4 Å². The molecule has 0 bridgehead atoms. The molecule has 51 heavy (non-hydrogen) atoms. The Morgan fingerprint density at radius 2 is 1.02 bits per heavy atom. The summed E-state index contributed by atoms with van der Waals surface area (Å²) < 4.78 is 27.3. The molecule has 0 fully saturated rings. The van der Waals surface area contributed by atoms with E-state index in [9.17, 15) is 19.0 Å². The van der Waals surface area contributed by atoms with Crippen molar-refractivity contribution in [1.82, 2.24) is 0 Å². The first-order valence-corrected chi connectivity index (χ1v) is 22.3. The van der Waals surface area contributed by atoms with Crippen LogP contribution in [0.15, 0.2) is 36.1 Å². The van der Waals surface area contributed by atoms with E-state index in [0.29, 0.717) is 18.4 Å². The lowest BCUT2D eigenvalue weighted by Crippen LogP contribution is -2.11. The summed E-state index contributed by atoms with van der Waals surface area (Å²) in [5, 5.41) is 0. The lowest BCUT2D eigenvalue weighted by molar-refractivity contribution is -0.143. The summed E-state index contributed by atoms with van der Waals surface area (Å²) in [6.07, 6.45) is 41.9. The minimum Gasteiger partial charge on any atom is -0.461 e. The molecule has 0 amide bonds. The summed E-state index contributed by atoms with van der Waals surface area (Å²) in [5.41, 5.74) is 5.68. The van der Waals surface area contributed by atoms with Crippen molar-refractivity contribution in [3.8, 4) is 0 Å². The molecule has 0 saturated carbocycles. The van der Waals surface area contributed by atoms with Crippen LogP contribution in [0.25, 0.3) is 0 Å². The molecule has 0 aromatic carbocycles. The molecular weight excluding hydrogens is 661 g/mol. The number of hydrogen-bond acceptors (Lipinski definition) is 7. The SMILES string of the molecule is CCCCCCCCC=CCCCCCCCC(=O)C/C(=C\OP(=O)(O)OCCN)COC(=O)CCCCCCCC=CCCCCCCCC. The Labute approximate surface area is 313 Å². The van der Waals surface area contributed by atoms with Crippen LogP contribution in [0.4, 0.5) is 0 Å². The van der Waals surface area contributed by atoms with Crippen molar-refractivity contribution in [2.45, 2.75) is 200 Å². The monoisotopic (exact) mass is 740 g/mol. The van der Waals surface area contributed by atoms with E-state index in [0.717, 1.165) is 70.5 Å². The number of rotatable bonds is 39. The zero-order valence-corrected chi connectivity index (χ0v) is 33.8. The normalized spacial score (nSPS) is 13.3. The molecule has 0 aromatic rings. The number of phosphoric ester groups is 1. The van der Waals surface area contributed by atoms with Gasteiger partial charge in [-0.15, -0.1) is 0 Å². The summed E-state index contributed by atoms with van der Waals surface area (Å²) in [5.74, 6) is -0.374. The zero-order valence-electron chi connectivity index (χ0n) is 32.9. The van der Waals surface area contributed by atoms with E-state index < -0.39 is 7.82 Å². The van der Waals surface area contributed by atoms with E-state index in [2.05, 4.69) is 38.2 Å². The van der Waals surface area contributed by atoms with Gasteiger partial charge in [-0.1, -0.05) is 141 Å². The molecule has 3 N–H and O–H groups in total. The van der Waals surface area contributed by atoms with E-state index in [4.69, 9.17) is 19.5 Å². The molecule has 0 heterocycles. The fourth-order valence-corrected chi connectivity index (χ4v) is 6.47. The van der Waals surface area contributed by atoms with Crippen LogP contribution in [-0.2, 0) is 27.9 Å². The Kier molecular flexibility index (Phi) is 36.7. The predicted molar refractivity (Wildman–Crippen MR) is 213 cm³/mol. The molecule has 8 nitrogen and oxygen atoms in total. The average Bonchev–Trinajstić information content (AvgIpc) is 3.11. The summed E-state index contributed by atoms with van der Waals surface area (Å²) in [6.45, 7) is 4.25. The summed E-state index contributed by atoms with van der Waals surface area (Å²) >= 11 is 0. The van der Waals surface area contributed by atoms with Gasteiger partial charge >= 0.3 is 13.8 Å². The standard InChI is InChI=1S/C42H78NO7P/c1-3-5-7-9-11-13-15-17-19-21-23-25-27-29-31-33-41(44)37-40(39-50-51(46,47)49-36-35-43)38-48-42(45)34-32-30-28-26-24-22-20-18-16-14-12-10-8-6-4-2/h17-20,39H,3-16,21-38,43H2,1-2H3,(H,46,47)/b19-17?,20-18?,40-39+. The molecule has 0 spiro atoms. The maximum atomic E-state index is 12.7. The van der Waals surface area contributed by atoms with Crippen LogP contribution in [-0.4, -0.2) is 36.4 Å². The molecule has 1 atom stereocenters. The summed E-state index contributed by atoms with van der Waals surface area (Å²) in [7, 11) is -4.37. The van der Waals surface area contributed by atoms with Crippen LogP contribution in [0, 0.1) is 0 Å². The van der Waals surface area contributed by atoms with E-state index in [1.54, 1.807) is 0 Å². The number of phosphoric acid groups is 1. The van der Waals surface area contributed by atoms with Gasteiger partial charge in [0.15, 0.2) is 0 Å². The van der Waals surface area contributed by atoms with Gasteiger partial charge in [-0.3, -0.25) is 19.0 Å². The molecule has 0 aliphatic heterocycles. The molecule has 0 radical (unpaired) electrons. The van der Waals surface area contributed by atoms with Crippen molar-refractivity contribution in [2.75, 3.05) is 19.8 Å². The molecule has 0 saturated heterocycles. The highest BCUT2D eigenvalue weighted by atomic mass is 31.2. The first kappa shape index (κ1) is 49.3. The third-order valence-corrected chi connectivity index (χ3v) is 9.81. The lowest BCUT2D eigenvalue weighted by atomic mass is 10.0. The first-order chi connectivity index (χ1) is 24.8. The maximum Gasteiger partial charge on any atom is 0.526 e. The average molecular weight is 740 g/mol. The van der Waals surface area contributed by atoms with Crippen LogP contribution in [0.5, 0.6) is 0 Å². The Bertz CT molecular complexity index is 949. The highest BCUT2D eigenvalue weighted by Crippen LogP contribution is 2.43. The minimum atomic E-state index is -4.37. The third-order valence-electron chi connectivity index (χ3n) is 8.93. The van der Waals surface area contributed by atoms with Gasteiger partial charge in [0.25, 0.3) is 0 Å². The number of ether oxygens (including phenoxy) is 1. The van der Waals surface area contributed by atoms with Gasteiger partial charge in [-0.2, -0.15) is 0 Å². The number of carbonyl (C=O) groups excluding carboxylic acids is 2. The van der Waals surface area contributed by atoms with Crippen molar-refractivity contribution in [3.63, 3.8) is 0 Å². The number of hydrogen-bond donors (Lipinski definition) is 2. The fraction of sp³-hybridized carbons (Fsp3) is 0.810. The van der Waals surface area contributed by atoms with Crippen LogP contribution in [0.3, 0.4) is 0 Å². The number of carbonyl (C=O) groups is 2. The number of nitrogens with two attached hydrogens (primary N) is 1. The second-order valence-electron chi connectivity index (χ2n) is 14.0. The first-order valence-electron chi connectivity index (χ1n) is 20.9. The lowest BCUT2D eigenvalue weighted by Gasteiger charge is -2.12. The Hall–Kier alpha value is -1.73. The van der Waals surface area contributed by atoms with Gasteiger partial charge in [0.05, 0.1) is 12.9 Å². The van der Waals surface area contributed by atoms with Crippen molar-refractivity contribution in [1.29, 1.82) is 0 Å². The highest BCUT2D eigenvalue weighted by molar-refractivity contribution is 7.47. The van der Waals surface area contributed by atoms with Gasteiger partial charge in [-0.05, 0) is 64.2 Å². The molecule has 9 heteroatoms. The molecule has 0 aromatic heterocycles. The molecule has 0 rings (SSSR count). The molecule has 298 valence electrons. The molecule has 1 unspecified atom stereocenters. The fourth-order valence-electron chi connectivity index (χ4n) is 5.79. The largest absolute Gasteiger partial charge is 0.526 e. The van der Waals surface area contributed by atoms with Crippen LogP contribution < -0.4 is 5.73 Å². The van der Waals surface area contributed by atoms with Crippen LogP contribution >= 0.6 is 7.82 Å². The van der Waals surface area contributed by atoms with E-state index in [1.807, 2.05) is 0 Å². The minimum absolute atomic E-state index is 0.0129. The third kappa shape index (κ3) is 37.8. The number of ketones is 1. The second-order valence-corrected chi connectivity index (χ2v) is 15.4. The number of Topliss-reactive ketones (excluding diaryl/α,β-unsaturated/α-hetero) is 1.